The van der Waals surface area contributed by atoms with E-state index < -0.39 is 60.3 Å². The molecule has 0 unspecified atom stereocenters. The molecule has 3 rings (SSSR count). The van der Waals surface area contributed by atoms with Gasteiger partial charge in [0.05, 0.1) is 12.2 Å². The maximum atomic E-state index is 13.0. The molecular weight excluding hydrogens is 377 g/mol. The predicted octanol–water partition coefficient (Wildman–Crippen LogP) is -0.00950. The zero-order valence-corrected chi connectivity index (χ0v) is 13.5. The molecule has 0 spiro atoms. The number of hydrogen-bond acceptors (Lipinski definition) is 8. The number of halogens is 3. The van der Waals surface area contributed by atoms with E-state index in [2.05, 4.69) is 0 Å². The zero-order chi connectivity index (χ0) is 19.9. The lowest BCUT2D eigenvalue weighted by molar-refractivity contribution is -0.277. The average molecular weight is 392 g/mol. The van der Waals surface area contributed by atoms with Crippen LogP contribution in [-0.2, 0) is 10.9 Å². The van der Waals surface area contributed by atoms with E-state index in [0.29, 0.717) is 6.07 Å². The summed E-state index contributed by atoms with van der Waals surface area (Å²) in [5, 5.41) is 38.1. The molecule has 0 bridgehead atoms. The molecule has 2 heterocycles. The van der Waals surface area contributed by atoms with Gasteiger partial charge in [0.15, 0.2) is 0 Å². The molecule has 1 saturated heterocycles. The Labute approximate surface area is 149 Å². The number of fused-ring (bicyclic) bond motifs is 1. The maximum absolute atomic E-state index is 13.0. The van der Waals surface area contributed by atoms with Crippen molar-refractivity contribution in [2.75, 3.05) is 6.61 Å². The molecule has 5 atom stereocenters. The van der Waals surface area contributed by atoms with Gasteiger partial charge < -0.3 is 34.3 Å². The SMILES string of the molecule is O=c1cc(C(F)(F)F)c2ccc(O[C@@H]3O[C@@H](CO)[C@H](O)[C@@H](O)[C@@H]3O)cc2o1. The number of rotatable bonds is 3. The minimum Gasteiger partial charge on any atom is -0.462 e. The first-order valence-electron chi connectivity index (χ1n) is 7.74. The summed E-state index contributed by atoms with van der Waals surface area (Å²) in [6, 6.07) is 3.47. The van der Waals surface area contributed by atoms with Gasteiger partial charge in [0, 0.05) is 17.5 Å². The molecule has 1 aromatic heterocycles. The van der Waals surface area contributed by atoms with Gasteiger partial charge in [-0.3, -0.25) is 0 Å². The summed E-state index contributed by atoms with van der Waals surface area (Å²) in [6.07, 6.45) is -12.5. The topological polar surface area (TPSA) is 130 Å². The van der Waals surface area contributed by atoms with Crippen LogP contribution in [0, 0.1) is 0 Å². The molecule has 1 aliphatic rings. The van der Waals surface area contributed by atoms with Gasteiger partial charge in [-0.2, -0.15) is 13.2 Å². The molecule has 0 aliphatic carbocycles. The Hall–Kier alpha value is -2.18. The molecule has 2 aromatic rings. The summed E-state index contributed by atoms with van der Waals surface area (Å²) in [4.78, 5) is 11.4. The highest BCUT2D eigenvalue weighted by Crippen LogP contribution is 2.35. The van der Waals surface area contributed by atoms with Crippen LogP contribution < -0.4 is 10.4 Å². The Morgan fingerprint density at radius 1 is 1.07 bits per heavy atom. The quantitative estimate of drug-likeness (QED) is 0.537. The van der Waals surface area contributed by atoms with E-state index in [9.17, 15) is 33.3 Å². The summed E-state index contributed by atoms with van der Waals surface area (Å²) in [7, 11) is 0. The molecule has 148 valence electrons. The van der Waals surface area contributed by atoms with Crippen molar-refractivity contribution in [3.63, 3.8) is 0 Å². The predicted molar refractivity (Wildman–Crippen MR) is 81.9 cm³/mol. The first-order chi connectivity index (χ1) is 12.6. The summed E-state index contributed by atoms with van der Waals surface area (Å²) < 4.78 is 54.3. The van der Waals surface area contributed by atoms with Crippen LogP contribution in [0.15, 0.2) is 33.5 Å². The van der Waals surface area contributed by atoms with Gasteiger partial charge in [0.2, 0.25) is 6.29 Å². The summed E-state index contributed by atoms with van der Waals surface area (Å²) in [5.74, 6) is -0.130. The van der Waals surface area contributed by atoms with E-state index in [1.807, 2.05) is 0 Å². The molecule has 4 N–H and O–H groups in total. The zero-order valence-electron chi connectivity index (χ0n) is 13.5. The van der Waals surface area contributed by atoms with E-state index in [1.165, 1.54) is 0 Å². The van der Waals surface area contributed by atoms with Crippen molar-refractivity contribution in [2.45, 2.75) is 36.9 Å². The Morgan fingerprint density at radius 2 is 1.78 bits per heavy atom. The van der Waals surface area contributed by atoms with Crippen LogP contribution in [0.3, 0.4) is 0 Å². The van der Waals surface area contributed by atoms with Crippen LogP contribution in [0.5, 0.6) is 5.75 Å². The van der Waals surface area contributed by atoms with E-state index in [1.54, 1.807) is 0 Å². The minimum atomic E-state index is -4.77. The second kappa shape index (κ2) is 7.09. The number of hydrogen-bond donors (Lipinski definition) is 4. The number of ether oxygens (including phenoxy) is 2. The minimum absolute atomic E-state index is 0.130. The van der Waals surface area contributed by atoms with E-state index >= 15 is 0 Å². The third kappa shape index (κ3) is 3.77. The molecule has 8 nitrogen and oxygen atoms in total. The standard InChI is InChI=1S/C16H15F3O8/c17-16(18,19)8-4-11(21)26-9-3-6(1-2-7(8)9)25-15-14(24)13(23)12(22)10(5-20)27-15/h1-4,10,12-15,20,22-24H,5H2/t10-,12-,13+,14-,15+/m0/s1. The highest BCUT2D eigenvalue weighted by molar-refractivity contribution is 5.82. The van der Waals surface area contributed by atoms with Gasteiger partial charge in [0.25, 0.3) is 0 Å². The molecule has 1 aromatic carbocycles. The number of aliphatic hydroxyl groups excluding tert-OH is 4. The van der Waals surface area contributed by atoms with E-state index in [0.717, 1.165) is 18.2 Å². The van der Waals surface area contributed by atoms with Crippen molar-refractivity contribution < 1.29 is 47.5 Å². The van der Waals surface area contributed by atoms with Gasteiger partial charge in [0.1, 0.15) is 35.7 Å². The molecule has 1 fully saturated rings. The van der Waals surface area contributed by atoms with Crippen molar-refractivity contribution in [2.24, 2.45) is 0 Å². The summed E-state index contributed by atoms with van der Waals surface area (Å²) in [5.41, 5.74) is -2.79. The van der Waals surface area contributed by atoms with E-state index in [4.69, 9.17) is 19.0 Å². The van der Waals surface area contributed by atoms with Crippen molar-refractivity contribution in [3.8, 4) is 5.75 Å². The van der Waals surface area contributed by atoms with Crippen molar-refractivity contribution >= 4 is 11.0 Å². The van der Waals surface area contributed by atoms with Crippen LogP contribution in [0.2, 0.25) is 0 Å². The van der Waals surface area contributed by atoms with Gasteiger partial charge in [-0.1, -0.05) is 0 Å². The van der Waals surface area contributed by atoms with Gasteiger partial charge in [-0.05, 0) is 12.1 Å². The fourth-order valence-electron chi connectivity index (χ4n) is 2.75. The number of alkyl halides is 3. The lowest BCUT2D eigenvalue weighted by atomic mass is 9.99. The second-order valence-electron chi connectivity index (χ2n) is 5.95. The highest BCUT2D eigenvalue weighted by atomic mass is 19.4. The molecule has 0 amide bonds. The largest absolute Gasteiger partial charge is 0.462 e. The van der Waals surface area contributed by atoms with Gasteiger partial charge in [-0.15, -0.1) is 0 Å². The van der Waals surface area contributed by atoms with Crippen LogP contribution >= 0.6 is 0 Å². The Bertz CT molecular complexity index is 878. The summed E-state index contributed by atoms with van der Waals surface area (Å²) in [6.45, 7) is -0.674. The fraction of sp³-hybridized carbons (Fsp3) is 0.438. The van der Waals surface area contributed by atoms with Crippen LogP contribution in [0.4, 0.5) is 13.2 Å². The second-order valence-corrected chi connectivity index (χ2v) is 5.95. The lowest BCUT2D eigenvalue weighted by Crippen LogP contribution is -2.60. The lowest BCUT2D eigenvalue weighted by Gasteiger charge is -2.39. The number of benzene rings is 1. The Kier molecular flexibility index (Phi) is 5.14. The van der Waals surface area contributed by atoms with Gasteiger partial charge >= 0.3 is 11.8 Å². The number of aliphatic hydroxyl groups is 4. The van der Waals surface area contributed by atoms with Crippen molar-refractivity contribution in [1.82, 2.24) is 0 Å². The van der Waals surface area contributed by atoms with Crippen LogP contribution in [0.25, 0.3) is 11.0 Å². The first kappa shape index (κ1) is 19.6. The van der Waals surface area contributed by atoms with Crippen molar-refractivity contribution in [3.05, 3.63) is 40.2 Å². The maximum Gasteiger partial charge on any atom is 0.417 e. The normalized spacial score (nSPS) is 29.1. The third-order valence-corrected chi connectivity index (χ3v) is 4.12. The van der Waals surface area contributed by atoms with E-state index in [-0.39, 0.29) is 11.1 Å². The Morgan fingerprint density at radius 3 is 2.41 bits per heavy atom. The fourth-order valence-corrected chi connectivity index (χ4v) is 2.75. The first-order valence-corrected chi connectivity index (χ1v) is 7.74. The highest BCUT2D eigenvalue weighted by Gasteiger charge is 2.44. The molecular formula is C16H15F3O8. The Balaban J connectivity index is 1.93. The van der Waals surface area contributed by atoms with Gasteiger partial charge in [-0.25, -0.2) is 4.79 Å². The van der Waals surface area contributed by atoms with Crippen molar-refractivity contribution in [1.29, 1.82) is 0 Å². The monoisotopic (exact) mass is 392 g/mol. The average Bonchev–Trinajstić information content (AvgIpc) is 2.60. The van der Waals surface area contributed by atoms with Crippen LogP contribution in [0.1, 0.15) is 5.56 Å². The molecule has 0 saturated carbocycles. The molecule has 1 aliphatic heterocycles. The molecule has 0 radical (unpaired) electrons. The smallest absolute Gasteiger partial charge is 0.417 e. The third-order valence-electron chi connectivity index (χ3n) is 4.12. The summed E-state index contributed by atoms with van der Waals surface area (Å²) >= 11 is 0. The molecule has 11 heteroatoms. The molecule has 27 heavy (non-hydrogen) atoms. The van der Waals surface area contributed by atoms with Crippen LogP contribution in [-0.4, -0.2) is 57.7 Å².